The van der Waals surface area contributed by atoms with E-state index in [2.05, 4.69) is 0 Å². The summed E-state index contributed by atoms with van der Waals surface area (Å²) in [6.07, 6.45) is -2.78. The molecule has 1 aliphatic heterocycles. The number of hydrogen-bond acceptors (Lipinski definition) is 4. The Morgan fingerprint density at radius 1 is 1.55 bits per heavy atom. The highest BCUT2D eigenvalue weighted by molar-refractivity contribution is 6.15. The first-order valence-electron chi connectivity index (χ1n) is 3.45. The van der Waals surface area contributed by atoms with E-state index in [0.717, 1.165) is 0 Å². The molecule has 11 heavy (non-hydrogen) atoms. The number of hydrogen-bond donors (Lipinski definition) is 3. The molecule has 0 aliphatic carbocycles. The second kappa shape index (κ2) is 2.75. The van der Waals surface area contributed by atoms with Gasteiger partial charge in [0.15, 0.2) is 0 Å². The van der Waals surface area contributed by atoms with Crippen molar-refractivity contribution in [1.29, 1.82) is 0 Å². The van der Waals surface area contributed by atoms with Gasteiger partial charge in [0, 0.05) is 0 Å². The molecule has 1 rings (SSSR count). The summed E-state index contributed by atoms with van der Waals surface area (Å²) in [4.78, 5) is 0. The highest BCUT2D eigenvalue weighted by atomic mass is 16.6. The molecular formula is C6H11BO4. The maximum absolute atomic E-state index is 9.23. The van der Waals surface area contributed by atoms with Crippen molar-refractivity contribution >= 4 is 7.85 Å². The molecule has 0 bridgehead atoms. The lowest BCUT2D eigenvalue weighted by Crippen LogP contribution is -2.46. The van der Waals surface area contributed by atoms with Gasteiger partial charge in [-0.1, -0.05) is 0 Å². The van der Waals surface area contributed by atoms with Crippen molar-refractivity contribution in [3.8, 4) is 0 Å². The lowest BCUT2D eigenvalue weighted by Gasteiger charge is -2.25. The first-order valence-corrected chi connectivity index (χ1v) is 3.45. The van der Waals surface area contributed by atoms with E-state index in [1.165, 1.54) is 0 Å². The molecular weight excluding hydrogens is 147 g/mol. The van der Waals surface area contributed by atoms with E-state index in [4.69, 9.17) is 22.8 Å². The van der Waals surface area contributed by atoms with Crippen LogP contribution in [0.5, 0.6) is 0 Å². The Kier molecular flexibility index (Phi) is 2.25. The molecule has 0 aromatic rings. The third-order valence-corrected chi connectivity index (χ3v) is 1.96. The van der Waals surface area contributed by atoms with Gasteiger partial charge in [0.05, 0.1) is 18.2 Å². The van der Waals surface area contributed by atoms with E-state index in [1.807, 2.05) is 0 Å². The normalized spacial score (nSPS) is 51.5. The third kappa shape index (κ3) is 1.29. The van der Waals surface area contributed by atoms with Gasteiger partial charge in [0.25, 0.3) is 0 Å². The topological polar surface area (TPSA) is 69.9 Å². The lowest BCUT2D eigenvalue weighted by molar-refractivity contribution is -0.0498. The zero-order valence-electron chi connectivity index (χ0n) is 6.27. The van der Waals surface area contributed by atoms with Crippen molar-refractivity contribution in [1.82, 2.24) is 0 Å². The van der Waals surface area contributed by atoms with Crippen LogP contribution in [0.4, 0.5) is 0 Å². The van der Waals surface area contributed by atoms with Crippen LogP contribution in [0.15, 0.2) is 0 Å². The highest BCUT2D eigenvalue weighted by Crippen LogP contribution is 2.27. The molecule has 4 atom stereocenters. The van der Waals surface area contributed by atoms with Crippen molar-refractivity contribution in [2.75, 3.05) is 6.61 Å². The molecule has 0 saturated carbocycles. The predicted octanol–water partition coefficient (Wildman–Crippen LogP) is -2.02. The van der Waals surface area contributed by atoms with Crippen molar-refractivity contribution in [3.05, 3.63) is 0 Å². The summed E-state index contributed by atoms with van der Waals surface area (Å²) in [5.74, 6) is 0. The second-order valence-corrected chi connectivity index (χ2v) is 2.87. The molecule has 1 saturated heterocycles. The van der Waals surface area contributed by atoms with E-state index in [9.17, 15) is 5.11 Å². The predicted molar refractivity (Wildman–Crippen MR) is 38.1 cm³/mol. The number of aliphatic hydroxyl groups excluding tert-OH is 3. The summed E-state index contributed by atoms with van der Waals surface area (Å²) in [6, 6.07) is 0. The second-order valence-electron chi connectivity index (χ2n) is 2.87. The summed E-state index contributed by atoms with van der Waals surface area (Å²) in [5, 5.41) is 27.1. The van der Waals surface area contributed by atoms with Gasteiger partial charge < -0.3 is 20.1 Å². The standard InChI is InChI=1S/C6H11BO4/c1-3-4(9)5(10)6(7,2-8)11-3/h3-5,8-10H,2H2,1H3/t3-,4?,5+,6?/m0/s1. The van der Waals surface area contributed by atoms with Crippen LogP contribution in [-0.2, 0) is 4.74 Å². The SMILES string of the molecule is [B]C1(CO)O[C@@H](C)C(O)[C@H]1O. The van der Waals surface area contributed by atoms with Gasteiger partial charge in [0.2, 0.25) is 0 Å². The zero-order valence-corrected chi connectivity index (χ0v) is 6.27. The fraction of sp³-hybridized carbons (Fsp3) is 1.00. The van der Waals surface area contributed by atoms with Crippen LogP contribution in [0, 0.1) is 0 Å². The number of aliphatic hydroxyl groups is 3. The first-order chi connectivity index (χ1) is 5.01. The van der Waals surface area contributed by atoms with Crippen LogP contribution >= 0.6 is 0 Å². The molecule has 0 amide bonds. The molecule has 0 aromatic heterocycles. The van der Waals surface area contributed by atoms with Crippen molar-refractivity contribution < 1.29 is 20.1 Å². The molecule has 2 unspecified atom stereocenters. The minimum atomic E-state index is -1.50. The quantitative estimate of drug-likeness (QED) is 0.385. The summed E-state index contributed by atoms with van der Waals surface area (Å²) in [5.41, 5.74) is -1.50. The lowest BCUT2D eigenvalue weighted by atomic mass is 9.77. The van der Waals surface area contributed by atoms with E-state index in [1.54, 1.807) is 6.92 Å². The molecule has 0 spiro atoms. The average molecular weight is 158 g/mol. The molecule has 4 nitrogen and oxygen atoms in total. The van der Waals surface area contributed by atoms with Gasteiger partial charge in [0.1, 0.15) is 20.1 Å². The third-order valence-electron chi connectivity index (χ3n) is 1.96. The Bertz CT molecular complexity index is 154. The monoisotopic (exact) mass is 158 g/mol. The van der Waals surface area contributed by atoms with Crippen LogP contribution in [0.1, 0.15) is 6.92 Å². The minimum Gasteiger partial charge on any atom is -0.394 e. The number of rotatable bonds is 1. The molecule has 5 heteroatoms. The molecule has 1 heterocycles. The maximum Gasteiger partial charge on any atom is 0.120 e. The number of ether oxygens (including phenoxy) is 1. The molecule has 3 N–H and O–H groups in total. The van der Waals surface area contributed by atoms with Crippen LogP contribution in [0.3, 0.4) is 0 Å². The van der Waals surface area contributed by atoms with Crippen LogP contribution in [0.25, 0.3) is 0 Å². The Morgan fingerprint density at radius 2 is 2.09 bits per heavy atom. The molecule has 2 radical (unpaired) electrons. The van der Waals surface area contributed by atoms with Crippen molar-refractivity contribution in [3.63, 3.8) is 0 Å². The Morgan fingerprint density at radius 3 is 2.27 bits per heavy atom. The smallest absolute Gasteiger partial charge is 0.120 e. The Balaban J connectivity index is 2.73. The Labute approximate surface area is 66.2 Å². The minimum absolute atomic E-state index is 0.504. The van der Waals surface area contributed by atoms with Gasteiger partial charge >= 0.3 is 0 Å². The fourth-order valence-electron chi connectivity index (χ4n) is 1.16. The largest absolute Gasteiger partial charge is 0.394 e. The molecule has 1 fully saturated rings. The average Bonchev–Trinajstić information content (AvgIpc) is 2.17. The van der Waals surface area contributed by atoms with Crippen LogP contribution in [0.2, 0.25) is 0 Å². The van der Waals surface area contributed by atoms with E-state index < -0.39 is 30.4 Å². The van der Waals surface area contributed by atoms with Crippen molar-refractivity contribution in [2.45, 2.75) is 30.7 Å². The highest BCUT2D eigenvalue weighted by Gasteiger charge is 2.48. The van der Waals surface area contributed by atoms with Crippen LogP contribution in [-0.4, -0.2) is 53.6 Å². The molecule has 1 aliphatic rings. The summed E-state index contributed by atoms with van der Waals surface area (Å²) >= 11 is 0. The van der Waals surface area contributed by atoms with E-state index in [0.29, 0.717) is 0 Å². The van der Waals surface area contributed by atoms with Gasteiger partial charge in [-0.15, -0.1) is 0 Å². The van der Waals surface area contributed by atoms with Crippen molar-refractivity contribution in [2.24, 2.45) is 0 Å². The zero-order chi connectivity index (χ0) is 8.65. The summed E-state index contributed by atoms with van der Waals surface area (Å²) in [7, 11) is 5.40. The van der Waals surface area contributed by atoms with E-state index in [-0.39, 0.29) is 0 Å². The maximum atomic E-state index is 9.23. The van der Waals surface area contributed by atoms with Crippen LogP contribution < -0.4 is 0 Å². The first kappa shape index (κ1) is 9.00. The van der Waals surface area contributed by atoms with Gasteiger partial charge in [-0.3, -0.25) is 0 Å². The summed E-state index contributed by atoms with van der Waals surface area (Å²) < 4.78 is 4.95. The van der Waals surface area contributed by atoms with E-state index >= 15 is 0 Å². The van der Waals surface area contributed by atoms with Gasteiger partial charge in [-0.25, -0.2) is 0 Å². The fourth-order valence-corrected chi connectivity index (χ4v) is 1.16. The van der Waals surface area contributed by atoms with Gasteiger partial charge in [-0.05, 0) is 6.92 Å². The molecule has 0 aromatic carbocycles. The Hall–Kier alpha value is -0.0951. The summed E-state index contributed by atoms with van der Waals surface area (Å²) in [6.45, 7) is 1.08. The molecule has 62 valence electrons. The van der Waals surface area contributed by atoms with Gasteiger partial charge in [-0.2, -0.15) is 0 Å².